The number of aromatic nitrogens is 2. The summed E-state index contributed by atoms with van der Waals surface area (Å²) in [6, 6.07) is 6.39. The number of nitrogen functional groups attached to an aromatic ring is 1. The summed E-state index contributed by atoms with van der Waals surface area (Å²) in [5.41, 5.74) is 9.97. The fourth-order valence-electron chi connectivity index (χ4n) is 2.82. The van der Waals surface area contributed by atoms with Crippen LogP contribution in [0.5, 0.6) is 0 Å². The molecule has 3 rings (SSSR count). The summed E-state index contributed by atoms with van der Waals surface area (Å²) in [6.07, 6.45) is 2.63. The summed E-state index contributed by atoms with van der Waals surface area (Å²) in [5, 5.41) is 0. The zero-order valence-electron chi connectivity index (χ0n) is 11.4. The molecule has 0 aliphatic heterocycles. The van der Waals surface area contributed by atoms with Gasteiger partial charge in [-0.2, -0.15) is 0 Å². The van der Waals surface area contributed by atoms with Crippen molar-refractivity contribution in [1.29, 1.82) is 0 Å². The van der Waals surface area contributed by atoms with Gasteiger partial charge in [0.25, 0.3) is 0 Å². The lowest BCUT2D eigenvalue weighted by molar-refractivity contribution is 0.314. The van der Waals surface area contributed by atoms with Crippen molar-refractivity contribution in [2.24, 2.45) is 11.3 Å². The normalized spacial score (nSPS) is 17.6. The Labute approximate surface area is 108 Å². The molecular weight excluding hydrogens is 222 g/mol. The number of fused-ring (bicyclic) bond motifs is 1. The Morgan fingerprint density at radius 2 is 2.11 bits per heavy atom. The lowest BCUT2D eigenvalue weighted by atomic mass is 9.92. The average Bonchev–Trinajstić information content (AvgIpc) is 3.02. The highest BCUT2D eigenvalue weighted by Gasteiger charge is 2.45. The predicted molar refractivity (Wildman–Crippen MR) is 75.4 cm³/mol. The standard InChI is InChI=1S/C15H21N3/c1-10(2)15(6-7-15)9-18-13-5-4-11(3)8-12(13)17-14(18)16/h4-5,8,10H,6-7,9H2,1-3H3,(H2,16,17). The zero-order valence-corrected chi connectivity index (χ0v) is 11.4. The molecule has 0 unspecified atom stereocenters. The van der Waals surface area contributed by atoms with E-state index in [1.165, 1.54) is 23.9 Å². The minimum atomic E-state index is 0.451. The van der Waals surface area contributed by atoms with Crippen molar-refractivity contribution in [2.45, 2.75) is 40.2 Å². The fraction of sp³-hybridized carbons (Fsp3) is 0.533. The van der Waals surface area contributed by atoms with E-state index in [-0.39, 0.29) is 0 Å². The van der Waals surface area contributed by atoms with Crippen LogP contribution >= 0.6 is 0 Å². The topological polar surface area (TPSA) is 43.8 Å². The summed E-state index contributed by atoms with van der Waals surface area (Å²) in [4.78, 5) is 4.49. The summed E-state index contributed by atoms with van der Waals surface area (Å²) < 4.78 is 2.20. The maximum absolute atomic E-state index is 6.09. The van der Waals surface area contributed by atoms with Crippen molar-refractivity contribution < 1.29 is 0 Å². The summed E-state index contributed by atoms with van der Waals surface area (Å²) >= 11 is 0. The summed E-state index contributed by atoms with van der Waals surface area (Å²) in [5.74, 6) is 1.36. The molecule has 0 bridgehead atoms. The van der Waals surface area contributed by atoms with Crippen LogP contribution in [-0.4, -0.2) is 9.55 Å². The Hall–Kier alpha value is -1.51. The van der Waals surface area contributed by atoms with Gasteiger partial charge in [0.2, 0.25) is 5.95 Å². The van der Waals surface area contributed by atoms with E-state index in [1.807, 2.05) is 0 Å². The first-order chi connectivity index (χ1) is 8.52. The third-order valence-electron chi connectivity index (χ3n) is 4.52. The molecule has 0 amide bonds. The number of nitrogens with two attached hydrogens (primary N) is 1. The van der Waals surface area contributed by atoms with Gasteiger partial charge in [0.1, 0.15) is 0 Å². The van der Waals surface area contributed by atoms with Crippen LogP contribution in [0.1, 0.15) is 32.3 Å². The molecular formula is C15H21N3. The van der Waals surface area contributed by atoms with Crippen LogP contribution in [0.25, 0.3) is 11.0 Å². The van der Waals surface area contributed by atoms with Crippen LogP contribution in [0.2, 0.25) is 0 Å². The van der Waals surface area contributed by atoms with Crippen molar-refractivity contribution in [3.8, 4) is 0 Å². The van der Waals surface area contributed by atoms with E-state index in [4.69, 9.17) is 5.73 Å². The van der Waals surface area contributed by atoms with Gasteiger partial charge in [-0.3, -0.25) is 0 Å². The smallest absolute Gasteiger partial charge is 0.201 e. The Morgan fingerprint density at radius 1 is 1.39 bits per heavy atom. The Balaban J connectivity index is 2.04. The molecule has 1 aromatic carbocycles. The fourth-order valence-corrected chi connectivity index (χ4v) is 2.82. The van der Waals surface area contributed by atoms with E-state index in [1.54, 1.807) is 0 Å². The number of anilines is 1. The molecule has 1 aliphatic rings. The molecule has 2 aromatic rings. The second-order valence-corrected chi connectivity index (χ2v) is 6.07. The molecule has 0 saturated heterocycles. The van der Waals surface area contributed by atoms with Gasteiger partial charge in [-0.05, 0) is 48.8 Å². The number of nitrogens with zero attached hydrogens (tertiary/aromatic N) is 2. The van der Waals surface area contributed by atoms with Crippen LogP contribution in [0.15, 0.2) is 18.2 Å². The van der Waals surface area contributed by atoms with E-state index in [0.717, 1.165) is 12.1 Å². The Kier molecular flexibility index (Phi) is 2.40. The molecule has 1 heterocycles. The molecule has 18 heavy (non-hydrogen) atoms. The Morgan fingerprint density at radius 3 is 2.72 bits per heavy atom. The molecule has 0 spiro atoms. The van der Waals surface area contributed by atoms with Crippen LogP contribution < -0.4 is 5.73 Å². The maximum Gasteiger partial charge on any atom is 0.201 e. The first-order valence-electron chi connectivity index (χ1n) is 6.74. The minimum absolute atomic E-state index is 0.451. The summed E-state index contributed by atoms with van der Waals surface area (Å²) in [6.45, 7) is 7.72. The van der Waals surface area contributed by atoms with Crippen molar-refractivity contribution in [2.75, 3.05) is 5.73 Å². The second kappa shape index (κ2) is 3.74. The number of hydrogen-bond donors (Lipinski definition) is 1. The van der Waals surface area contributed by atoms with Crippen molar-refractivity contribution >= 4 is 17.0 Å². The first-order valence-corrected chi connectivity index (χ1v) is 6.74. The third-order valence-corrected chi connectivity index (χ3v) is 4.52. The van der Waals surface area contributed by atoms with Gasteiger partial charge < -0.3 is 10.3 Å². The van der Waals surface area contributed by atoms with Gasteiger partial charge in [-0.1, -0.05) is 19.9 Å². The van der Waals surface area contributed by atoms with Gasteiger partial charge in [0, 0.05) is 6.54 Å². The third kappa shape index (κ3) is 1.69. The van der Waals surface area contributed by atoms with Crippen LogP contribution in [0.3, 0.4) is 0 Å². The lowest BCUT2D eigenvalue weighted by Crippen LogP contribution is -2.18. The predicted octanol–water partition coefficient (Wildman–Crippen LogP) is 3.36. The highest BCUT2D eigenvalue weighted by Crippen LogP contribution is 2.53. The number of imidazole rings is 1. The molecule has 96 valence electrons. The second-order valence-electron chi connectivity index (χ2n) is 6.07. The van der Waals surface area contributed by atoms with Crippen LogP contribution in [-0.2, 0) is 6.54 Å². The zero-order chi connectivity index (χ0) is 12.9. The number of aryl methyl sites for hydroxylation is 1. The summed E-state index contributed by atoms with van der Waals surface area (Å²) in [7, 11) is 0. The van der Waals surface area contributed by atoms with E-state index in [0.29, 0.717) is 17.3 Å². The highest BCUT2D eigenvalue weighted by atomic mass is 15.2. The van der Waals surface area contributed by atoms with Gasteiger partial charge >= 0.3 is 0 Å². The maximum atomic E-state index is 6.09. The number of benzene rings is 1. The molecule has 3 nitrogen and oxygen atoms in total. The quantitative estimate of drug-likeness (QED) is 0.898. The number of hydrogen-bond acceptors (Lipinski definition) is 2. The van der Waals surface area contributed by atoms with Crippen LogP contribution in [0, 0.1) is 18.3 Å². The van der Waals surface area contributed by atoms with E-state index >= 15 is 0 Å². The van der Waals surface area contributed by atoms with Crippen LogP contribution in [0.4, 0.5) is 5.95 Å². The van der Waals surface area contributed by atoms with E-state index in [9.17, 15) is 0 Å². The largest absolute Gasteiger partial charge is 0.369 e. The van der Waals surface area contributed by atoms with Gasteiger partial charge in [-0.25, -0.2) is 4.98 Å². The molecule has 0 radical (unpaired) electrons. The van der Waals surface area contributed by atoms with Crippen molar-refractivity contribution in [3.05, 3.63) is 23.8 Å². The SMILES string of the molecule is Cc1ccc2c(c1)nc(N)n2CC1(C(C)C)CC1. The molecule has 1 aliphatic carbocycles. The average molecular weight is 243 g/mol. The van der Waals surface area contributed by atoms with Gasteiger partial charge in [0.15, 0.2) is 0 Å². The molecule has 0 atom stereocenters. The number of rotatable bonds is 3. The van der Waals surface area contributed by atoms with E-state index in [2.05, 4.69) is 48.5 Å². The van der Waals surface area contributed by atoms with E-state index < -0.39 is 0 Å². The van der Waals surface area contributed by atoms with Gasteiger partial charge in [0.05, 0.1) is 11.0 Å². The van der Waals surface area contributed by atoms with Crippen molar-refractivity contribution in [1.82, 2.24) is 9.55 Å². The van der Waals surface area contributed by atoms with Gasteiger partial charge in [-0.15, -0.1) is 0 Å². The van der Waals surface area contributed by atoms with Crippen molar-refractivity contribution in [3.63, 3.8) is 0 Å². The lowest BCUT2D eigenvalue weighted by Gasteiger charge is -2.21. The minimum Gasteiger partial charge on any atom is -0.369 e. The molecule has 1 fully saturated rings. The molecule has 2 N–H and O–H groups in total. The molecule has 3 heteroatoms. The monoisotopic (exact) mass is 243 g/mol. The molecule has 1 aromatic heterocycles. The highest BCUT2D eigenvalue weighted by molar-refractivity contribution is 5.79. The molecule has 1 saturated carbocycles. The Bertz CT molecular complexity index is 591. The first kappa shape index (κ1) is 11.6.